The predicted molar refractivity (Wildman–Crippen MR) is 171 cm³/mol. The molecular weight excluding hydrogens is 561 g/mol. The SMILES string of the molecule is COC(=O)C12CN(C)CC(C(=O)OC)(C1=O)C(c1ccc(N(C)C)cc1)P(c1ccccc1)C2c1ccc(N(C)C)cc1. The fraction of sp³-hybridized carbons (Fsp3) is 0.382. The molecule has 3 aromatic carbocycles. The first-order valence-electron chi connectivity index (χ1n) is 14.3. The Morgan fingerprint density at radius 3 is 1.47 bits per heavy atom. The molecule has 2 heterocycles. The summed E-state index contributed by atoms with van der Waals surface area (Å²) in [7, 11) is 11.0. The second-order valence-corrected chi connectivity index (χ2v) is 14.3. The van der Waals surface area contributed by atoms with Crippen LogP contribution < -0.4 is 15.1 Å². The molecule has 4 atom stereocenters. The zero-order valence-electron chi connectivity index (χ0n) is 25.9. The van der Waals surface area contributed by atoms with E-state index in [9.17, 15) is 9.59 Å². The van der Waals surface area contributed by atoms with E-state index >= 15 is 4.79 Å². The van der Waals surface area contributed by atoms with Crippen molar-refractivity contribution >= 4 is 42.3 Å². The number of hydrogen-bond acceptors (Lipinski definition) is 8. The smallest absolute Gasteiger partial charge is 0.321 e. The fourth-order valence-corrected chi connectivity index (χ4v) is 11.1. The van der Waals surface area contributed by atoms with E-state index in [1.54, 1.807) is 0 Å². The Bertz CT molecular complexity index is 1400. The number of piperidine rings is 1. The molecule has 0 amide bonds. The van der Waals surface area contributed by atoms with Crippen molar-refractivity contribution in [3.05, 3.63) is 90.0 Å². The van der Waals surface area contributed by atoms with Gasteiger partial charge < -0.3 is 24.2 Å². The molecule has 0 saturated carbocycles. The van der Waals surface area contributed by atoms with Crippen molar-refractivity contribution < 1.29 is 23.9 Å². The summed E-state index contributed by atoms with van der Waals surface area (Å²) in [5, 5.41) is 1.000. The van der Waals surface area contributed by atoms with Crippen LogP contribution in [0.3, 0.4) is 0 Å². The number of carbonyl (C=O) groups is 3. The lowest BCUT2D eigenvalue weighted by atomic mass is 9.60. The maximum atomic E-state index is 15.3. The molecule has 0 radical (unpaired) electrons. The normalized spacial score (nSPS) is 26.9. The monoisotopic (exact) mass is 601 g/mol. The Labute approximate surface area is 255 Å². The minimum Gasteiger partial charge on any atom is -0.468 e. The van der Waals surface area contributed by atoms with E-state index in [0.29, 0.717) is 0 Å². The van der Waals surface area contributed by atoms with Crippen LogP contribution in [0.15, 0.2) is 78.9 Å². The molecule has 0 spiro atoms. The van der Waals surface area contributed by atoms with Gasteiger partial charge in [-0.25, -0.2) is 0 Å². The first-order chi connectivity index (χ1) is 20.5. The van der Waals surface area contributed by atoms with Crippen LogP contribution in [0, 0.1) is 10.8 Å². The Morgan fingerprint density at radius 1 is 0.721 bits per heavy atom. The summed E-state index contributed by atoms with van der Waals surface area (Å²) in [4.78, 5) is 49.6. The van der Waals surface area contributed by atoms with Crippen molar-refractivity contribution in [2.75, 3.05) is 72.3 Å². The predicted octanol–water partition coefficient (Wildman–Crippen LogP) is 4.26. The zero-order chi connectivity index (χ0) is 31.1. The lowest BCUT2D eigenvalue weighted by Crippen LogP contribution is -2.70. The highest BCUT2D eigenvalue weighted by molar-refractivity contribution is 7.66. The quantitative estimate of drug-likeness (QED) is 0.226. The molecule has 0 aromatic heterocycles. The summed E-state index contributed by atoms with van der Waals surface area (Å²) in [6.45, 7) is 0.268. The Balaban J connectivity index is 1.90. The highest BCUT2D eigenvalue weighted by Crippen LogP contribution is 2.77. The number of benzene rings is 3. The Hall–Kier alpha value is -3.74. The third kappa shape index (κ3) is 4.81. The van der Waals surface area contributed by atoms with Crippen molar-refractivity contribution in [3.63, 3.8) is 0 Å². The second-order valence-electron chi connectivity index (χ2n) is 11.9. The lowest BCUT2D eigenvalue weighted by molar-refractivity contribution is -0.178. The van der Waals surface area contributed by atoms with Gasteiger partial charge >= 0.3 is 11.9 Å². The number of anilines is 2. The van der Waals surface area contributed by atoms with Crippen molar-refractivity contribution in [3.8, 4) is 0 Å². The third-order valence-corrected chi connectivity index (χ3v) is 12.4. The van der Waals surface area contributed by atoms with Crippen LogP contribution >= 0.6 is 7.92 Å². The number of rotatable bonds is 7. The molecule has 2 aliphatic rings. The second kappa shape index (κ2) is 11.7. The van der Waals surface area contributed by atoms with Crippen LogP contribution in [-0.4, -0.2) is 85.2 Å². The van der Waals surface area contributed by atoms with Crippen molar-refractivity contribution in [2.24, 2.45) is 10.8 Å². The van der Waals surface area contributed by atoms with E-state index in [-0.39, 0.29) is 13.1 Å². The molecule has 2 bridgehead atoms. The fourth-order valence-electron chi connectivity index (χ4n) is 7.09. The molecule has 4 unspecified atom stereocenters. The van der Waals surface area contributed by atoms with Crippen LogP contribution in [0.4, 0.5) is 11.4 Å². The van der Waals surface area contributed by atoms with Gasteiger partial charge in [-0.15, -0.1) is 0 Å². The van der Waals surface area contributed by atoms with Gasteiger partial charge in [-0.05, 0) is 47.7 Å². The summed E-state index contributed by atoms with van der Waals surface area (Å²) < 4.78 is 11.0. The maximum Gasteiger partial charge on any atom is 0.321 e. The number of carbonyl (C=O) groups excluding carboxylic acids is 3. The van der Waals surface area contributed by atoms with Crippen molar-refractivity contribution in [1.29, 1.82) is 0 Å². The maximum absolute atomic E-state index is 15.3. The minimum absolute atomic E-state index is 0.134. The summed E-state index contributed by atoms with van der Waals surface area (Å²) in [6, 6.07) is 26.1. The van der Waals surface area contributed by atoms with E-state index < -0.39 is 47.8 Å². The Morgan fingerprint density at radius 2 is 1.12 bits per heavy atom. The molecular formula is C34H40N3O5P. The molecule has 5 rings (SSSR count). The van der Waals surface area contributed by atoms with E-state index in [0.717, 1.165) is 27.8 Å². The van der Waals surface area contributed by atoms with Gasteiger partial charge in [0.05, 0.1) is 14.2 Å². The summed E-state index contributed by atoms with van der Waals surface area (Å²) in [5.41, 5.74) is -0.662. The van der Waals surface area contributed by atoms with Crippen LogP contribution in [0.2, 0.25) is 0 Å². The number of Topliss-reactive ketones (excluding diaryl/α,β-unsaturated/α-hetero) is 1. The number of ketones is 1. The van der Waals surface area contributed by atoms with Gasteiger partial charge in [0.1, 0.15) is 0 Å². The summed E-state index contributed by atoms with van der Waals surface area (Å²) in [5.74, 6) is -1.66. The number of hydrogen-bond donors (Lipinski definition) is 0. The van der Waals surface area contributed by atoms with Crippen molar-refractivity contribution in [1.82, 2.24) is 4.90 Å². The molecule has 3 aromatic rings. The first-order valence-corrected chi connectivity index (χ1v) is 15.8. The van der Waals surface area contributed by atoms with E-state index in [1.165, 1.54) is 14.2 Å². The van der Waals surface area contributed by atoms with Gasteiger partial charge in [-0.3, -0.25) is 14.4 Å². The van der Waals surface area contributed by atoms with Gasteiger partial charge in [0.25, 0.3) is 0 Å². The summed E-state index contributed by atoms with van der Waals surface area (Å²) in [6.07, 6.45) is 0. The van der Waals surface area contributed by atoms with Crippen LogP contribution in [0.1, 0.15) is 22.4 Å². The number of methoxy groups -OCH3 is 2. The number of ether oxygens (including phenoxy) is 2. The molecule has 9 heteroatoms. The molecule has 0 N–H and O–H groups in total. The van der Waals surface area contributed by atoms with Crippen molar-refractivity contribution in [2.45, 2.75) is 11.3 Å². The minimum atomic E-state index is -1.63. The summed E-state index contributed by atoms with van der Waals surface area (Å²) >= 11 is 0. The highest BCUT2D eigenvalue weighted by Gasteiger charge is 2.75. The molecule has 8 nitrogen and oxygen atoms in total. The highest BCUT2D eigenvalue weighted by atomic mass is 31.1. The molecule has 2 fully saturated rings. The number of nitrogens with zero attached hydrogens (tertiary/aromatic N) is 3. The molecule has 43 heavy (non-hydrogen) atoms. The van der Waals surface area contributed by atoms with Gasteiger partial charge in [0.15, 0.2) is 16.6 Å². The number of fused-ring (bicyclic) bond motifs is 2. The van der Waals surface area contributed by atoms with E-state index in [2.05, 4.69) is 12.1 Å². The van der Waals surface area contributed by atoms with Crippen LogP contribution in [0.5, 0.6) is 0 Å². The first kappa shape index (κ1) is 30.7. The number of esters is 2. The average Bonchev–Trinajstić information content (AvgIpc) is 3.01. The largest absolute Gasteiger partial charge is 0.468 e. The Kier molecular flexibility index (Phi) is 8.39. The molecule has 2 aliphatic heterocycles. The van der Waals surface area contributed by atoms with Crippen LogP contribution in [-0.2, 0) is 23.9 Å². The topological polar surface area (TPSA) is 79.4 Å². The average molecular weight is 602 g/mol. The van der Waals surface area contributed by atoms with Crippen LogP contribution in [0.25, 0.3) is 0 Å². The van der Waals surface area contributed by atoms with E-state index in [4.69, 9.17) is 9.47 Å². The van der Waals surface area contributed by atoms with Gasteiger partial charge in [-0.2, -0.15) is 0 Å². The van der Waals surface area contributed by atoms with E-state index in [1.807, 2.05) is 117 Å². The lowest BCUT2D eigenvalue weighted by Gasteiger charge is -2.60. The van der Waals surface area contributed by atoms with Gasteiger partial charge in [0.2, 0.25) is 0 Å². The molecule has 2 saturated heterocycles. The zero-order valence-corrected chi connectivity index (χ0v) is 26.8. The standard InChI is InChI=1S/C34H40N3O5P/c1-35(2)25-17-13-23(14-18-25)28-33(31(39)41-6)21-37(5)22-34(30(33)38,32(40)42-7)29(43(28)27-11-9-8-10-12-27)24-15-19-26(20-16-24)36(3)4/h8-20,28-29H,21-22H2,1-7H3. The molecule has 0 aliphatic carbocycles. The number of likely N-dealkylation sites (tertiary alicyclic amines) is 1. The van der Waals surface area contributed by atoms with Gasteiger partial charge in [-0.1, -0.05) is 62.5 Å². The third-order valence-electron chi connectivity index (χ3n) is 8.94. The van der Waals surface area contributed by atoms with Gasteiger partial charge in [0, 0.05) is 64.0 Å². The molecule has 226 valence electrons.